The van der Waals surface area contributed by atoms with Gasteiger partial charge in [-0.05, 0) is 43.3 Å². The summed E-state index contributed by atoms with van der Waals surface area (Å²) in [6, 6.07) is 7.90. The molecular formula is C13H17N5OS. The summed E-state index contributed by atoms with van der Waals surface area (Å²) >= 11 is 1.34. The van der Waals surface area contributed by atoms with E-state index in [4.69, 9.17) is 0 Å². The number of carbonyl (C=O) groups is 1. The number of nitrogens with one attached hydrogen (secondary N) is 1. The van der Waals surface area contributed by atoms with Gasteiger partial charge in [-0.15, -0.1) is 5.10 Å². The van der Waals surface area contributed by atoms with Crippen LogP contribution in [0.15, 0.2) is 29.4 Å². The number of aromatic nitrogens is 4. The fourth-order valence-electron chi connectivity index (χ4n) is 1.63. The minimum atomic E-state index is -0.245. The first kappa shape index (κ1) is 14.5. The van der Waals surface area contributed by atoms with Crippen LogP contribution < -0.4 is 5.32 Å². The molecule has 0 unspecified atom stereocenters. The second-order valence-corrected chi connectivity index (χ2v) is 5.67. The van der Waals surface area contributed by atoms with Crippen molar-refractivity contribution in [3.8, 4) is 5.69 Å². The minimum absolute atomic E-state index is 0.0176. The van der Waals surface area contributed by atoms with Crippen molar-refractivity contribution in [3.05, 3.63) is 29.8 Å². The van der Waals surface area contributed by atoms with Crippen molar-refractivity contribution in [1.82, 2.24) is 25.5 Å². The lowest BCUT2D eigenvalue weighted by atomic mass is 10.2. The quantitative estimate of drug-likeness (QED) is 0.847. The second-order valence-electron chi connectivity index (χ2n) is 4.36. The van der Waals surface area contributed by atoms with Crippen molar-refractivity contribution in [1.29, 1.82) is 0 Å². The van der Waals surface area contributed by atoms with Gasteiger partial charge in [-0.1, -0.05) is 29.5 Å². The number of amides is 1. The number of carbonyl (C=O) groups excluding carboxylic acids is 1. The van der Waals surface area contributed by atoms with Crippen LogP contribution in [-0.2, 0) is 4.79 Å². The molecule has 1 N–H and O–H groups in total. The van der Waals surface area contributed by atoms with Gasteiger partial charge in [-0.25, -0.2) is 0 Å². The zero-order chi connectivity index (χ0) is 14.5. The number of rotatable bonds is 5. The first-order valence-electron chi connectivity index (χ1n) is 6.41. The van der Waals surface area contributed by atoms with Crippen LogP contribution in [0, 0.1) is 6.92 Å². The fraction of sp³-hybridized carbons (Fsp3) is 0.385. The molecule has 1 aromatic heterocycles. The Balaban J connectivity index is 2.16. The van der Waals surface area contributed by atoms with E-state index in [1.807, 2.05) is 45.0 Å². The van der Waals surface area contributed by atoms with E-state index in [-0.39, 0.29) is 11.2 Å². The summed E-state index contributed by atoms with van der Waals surface area (Å²) in [6.07, 6.45) is 0. The zero-order valence-corrected chi connectivity index (χ0v) is 12.5. The molecule has 0 aliphatic rings. The number of aryl methyl sites for hydroxylation is 1. The van der Waals surface area contributed by atoms with Crippen LogP contribution in [0.1, 0.15) is 19.4 Å². The topological polar surface area (TPSA) is 72.7 Å². The third kappa shape index (κ3) is 3.36. The summed E-state index contributed by atoms with van der Waals surface area (Å²) in [5.74, 6) is -0.0176. The van der Waals surface area contributed by atoms with Gasteiger partial charge in [-0.3, -0.25) is 4.79 Å². The first-order chi connectivity index (χ1) is 9.61. The summed E-state index contributed by atoms with van der Waals surface area (Å²) in [4.78, 5) is 11.8. The molecule has 0 bridgehead atoms. The van der Waals surface area contributed by atoms with Crippen molar-refractivity contribution < 1.29 is 4.79 Å². The Bertz CT molecular complexity index is 581. The van der Waals surface area contributed by atoms with Crippen LogP contribution in [0.3, 0.4) is 0 Å². The van der Waals surface area contributed by atoms with Gasteiger partial charge in [0, 0.05) is 6.54 Å². The number of nitrogens with zero attached hydrogens (tertiary/aromatic N) is 4. The minimum Gasteiger partial charge on any atom is -0.355 e. The third-order valence-corrected chi connectivity index (χ3v) is 3.75. The molecule has 0 aliphatic heterocycles. The normalized spacial score (nSPS) is 12.2. The molecule has 1 aromatic carbocycles. The molecular weight excluding hydrogens is 274 g/mol. The van der Waals surface area contributed by atoms with E-state index in [0.29, 0.717) is 11.7 Å². The maximum atomic E-state index is 11.8. The smallest absolute Gasteiger partial charge is 0.233 e. The molecule has 0 fully saturated rings. The van der Waals surface area contributed by atoms with E-state index < -0.39 is 0 Å². The predicted molar refractivity (Wildman–Crippen MR) is 77.9 cm³/mol. The fourth-order valence-corrected chi connectivity index (χ4v) is 2.46. The van der Waals surface area contributed by atoms with Crippen LogP contribution in [0.5, 0.6) is 0 Å². The average Bonchev–Trinajstić information content (AvgIpc) is 2.88. The molecule has 20 heavy (non-hydrogen) atoms. The van der Waals surface area contributed by atoms with Gasteiger partial charge in [-0.2, -0.15) is 4.68 Å². The van der Waals surface area contributed by atoms with E-state index in [2.05, 4.69) is 20.8 Å². The number of hydrogen-bond donors (Lipinski definition) is 1. The monoisotopic (exact) mass is 291 g/mol. The Morgan fingerprint density at radius 1 is 1.40 bits per heavy atom. The lowest BCUT2D eigenvalue weighted by molar-refractivity contribution is -0.120. The SMILES string of the molecule is CCNC(=O)[C@@H](C)Sc1nnnn1-c1ccc(C)cc1. The van der Waals surface area contributed by atoms with Gasteiger partial charge in [0.1, 0.15) is 0 Å². The lowest BCUT2D eigenvalue weighted by Crippen LogP contribution is -2.30. The maximum Gasteiger partial charge on any atom is 0.233 e. The summed E-state index contributed by atoms with van der Waals surface area (Å²) in [7, 11) is 0. The molecule has 1 amide bonds. The van der Waals surface area contributed by atoms with Crippen LogP contribution in [-0.4, -0.2) is 37.9 Å². The van der Waals surface area contributed by atoms with E-state index in [1.165, 1.54) is 17.3 Å². The number of thioether (sulfide) groups is 1. The number of benzene rings is 1. The van der Waals surface area contributed by atoms with Gasteiger partial charge in [0.2, 0.25) is 11.1 Å². The highest BCUT2D eigenvalue weighted by atomic mass is 32.2. The lowest BCUT2D eigenvalue weighted by Gasteiger charge is -2.10. The Morgan fingerprint density at radius 2 is 2.10 bits per heavy atom. The molecule has 0 saturated carbocycles. The number of tetrazole rings is 1. The summed E-state index contributed by atoms with van der Waals surface area (Å²) in [5.41, 5.74) is 2.05. The highest BCUT2D eigenvalue weighted by molar-refractivity contribution is 8.00. The molecule has 2 rings (SSSR count). The molecule has 0 spiro atoms. The highest BCUT2D eigenvalue weighted by Gasteiger charge is 2.18. The molecule has 6 nitrogen and oxygen atoms in total. The summed E-state index contributed by atoms with van der Waals surface area (Å²) < 4.78 is 1.64. The van der Waals surface area contributed by atoms with Gasteiger partial charge in [0.05, 0.1) is 10.9 Å². The molecule has 0 radical (unpaired) electrons. The molecule has 1 heterocycles. The molecule has 0 aliphatic carbocycles. The van der Waals surface area contributed by atoms with Gasteiger partial charge in [0.25, 0.3) is 0 Å². The Kier molecular flexibility index (Phi) is 4.73. The summed E-state index contributed by atoms with van der Waals surface area (Å²) in [5, 5.41) is 14.8. The van der Waals surface area contributed by atoms with Gasteiger partial charge in [0.15, 0.2) is 0 Å². The van der Waals surface area contributed by atoms with E-state index in [0.717, 1.165) is 5.69 Å². The Morgan fingerprint density at radius 3 is 2.75 bits per heavy atom. The van der Waals surface area contributed by atoms with Crippen LogP contribution in [0.2, 0.25) is 0 Å². The van der Waals surface area contributed by atoms with Crippen molar-refractivity contribution >= 4 is 17.7 Å². The second kappa shape index (κ2) is 6.51. The van der Waals surface area contributed by atoms with E-state index in [9.17, 15) is 4.79 Å². The molecule has 106 valence electrons. The van der Waals surface area contributed by atoms with Crippen molar-refractivity contribution in [2.45, 2.75) is 31.2 Å². The highest BCUT2D eigenvalue weighted by Crippen LogP contribution is 2.22. The van der Waals surface area contributed by atoms with Crippen LogP contribution >= 0.6 is 11.8 Å². The zero-order valence-electron chi connectivity index (χ0n) is 11.7. The largest absolute Gasteiger partial charge is 0.355 e. The van der Waals surface area contributed by atoms with Gasteiger partial charge < -0.3 is 5.32 Å². The number of hydrogen-bond acceptors (Lipinski definition) is 5. The van der Waals surface area contributed by atoms with E-state index in [1.54, 1.807) is 4.68 Å². The predicted octanol–water partition coefficient (Wildman–Crippen LogP) is 1.59. The van der Waals surface area contributed by atoms with Crippen LogP contribution in [0.25, 0.3) is 5.69 Å². The Hall–Kier alpha value is -1.89. The Labute approximate surface area is 121 Å². The van der Waals surface area contributed by atoms with Crippen molar-refractivity contribution in [3.63, 3.8) is 0 Å². The summed E-state index contributed by atoms with van der Waals surface area (Å²) in [6.45, 7) is 6.37. The van der Waals surface area contributed by atoms with Crippen LogP contribution in [0.4, 0.5) is 0 Å². The van der Waals surface area contributed by atoms with Crippen molar-refractivity contribution in [2.75, 3.05) is 6.54 Å². The molecule has 1 atom stereocenters. The molecule has 0 saturated heterocycles. The molecule has 2 aromatic rings. The average molecular weight is 291 g/mol. The van der Waals surface area contributed by atoms with E-state index >= 15 is 0 Å². The third-order valence-electron chi connectivity index (χ3n) is 2.72. The van der Waals surface area contributed by atoms with Gasteiger partial charge >= 0.3 is 0 Å². The van der Waals surface area contributed by atoms with Crippen molar-refractivity contribution in [2.24, 2.45) is 0 Å². The molecule has 7 heteroatoms. The maximum absolute atomic E-state index is 11.8. The standard InChI is InChI=1S/C13H17N5OS/c1-4-14-12(19)10(3)20-13-15-16-17-18(13)11-7-5-9(2)6-8-11/h5-8,10H,4H2,1-3H3,(H,14,19)/t10-/m1/s1. The first-order valence-corrected chi connectivity index (χ1v) is 7.29.